The van der Waals surface area contributed by atoms with Crippen LogP contribution in [0, 0.1) is 0 Å². The van der Waals surface area contributed by atoms with E-state index in [-0.39, 0.29) is 10.8 Å². The zero-order valence-electron chi connectivity index (χ0n) is 11.8. The van der Waals surface area contributed by atoms with E-state index in [1.807, 2.05) is 6.92 Å². The van der Waals surface area contributed by atoms with Crippen molar-refractivity contribution in [2.45, 2.75) is 31.1 Å². The molecule has 0 saturated carbocycles. The van der Waals surface area contributed by atoms with Gasteiger partial charge in [0.15, 0.2) is 5.13 Å². The highest BCUT2D eigenvalue weighted by Crippen LogP contribution is 2.28. The number of rotatable bonds is 6. The Morgan fingerprint density at radius 2 is 2.14 bits per heavy atom. The number of aromatic nitrogens is 1. The summed E-state index contributed by atoms with van der Waals surface area (Å²) in [6.07, 6.45) is 2.26. The van der Waals surface area contributed by atoms with E-state index in [1.165, 1.54) is 24.5 Å². The molecule has 0 atom stereocenters. The van der Waals surface area contributed by atoms with Crippen molar-refractivity contribution in [2.75, 3.05) is 12.4 Å². The Morgan fingerprint density at radius 1 is 1.38 bits per heavy atom. The number of nitrogens with one attached hydrogen (secondary N) is 2. The Kier molecular flexibility index (Phi) is 4.92. The maximum absolute atomic E-state index is 11.8. The molecule has 1 aromatic carbocycles. The number of anilines is 1. The van der Waals surface area contributed by atoms with E-state index < -0.39 is 10.0 Å². The van der Waals surface area contributed by atoms with E-state index in [9.17, 15) is 13.2 Å². The third-order valence-corrected chi connectivity index (χ3v) is 5.29. The number of hydrogen-bond donors (Lipinski definition) is 2. The van der Waals surface area contributed by atoms with Crippen LogP contribution >= 0.6 is 11.3 Å². The molecule has 21 heavy (non-hydrogen) atoms. The summed E-state index contributed by atoms with van der Waals surface area (Å²) < 4.78 is 26.5. The van der Waals surface area contributed by atoms with Crippen LogP contribution < -0.4 is 10.0 Å². The second-order valence-electron chi connectivity index (χ2n) is 4.51. The minimum atomic E-state index is -3.47. The van der Waals surface area contributed by atoms with Gasteiger partial charge in [-0.1, -0.05) is 24.7 Å². The molecule has 0 unspecified atom stereocenters. The Morgan fingerprint density at radius 3 is 2.81 bits per heavy atom. The van der Waals surface area contributed by atoms with Gasteiger partial charge in [-0.05, 0) is 31.7 Å². The SMILES string of the molecule is CCCCC(=O)Nc1nc2ccc(S(=O)(=O)NC)cc2s1. The van der Waals surface area contributed by atoms with Gasteiger partial charge >= 0.3 is 0 Å². The second kappa shape index (κ2) is 6.50. The lowest BCUT2D eigenvalue weighted by atomic mass is 10.2. The van der Waals surface area contributed by atoms with Crippen molar-refractivity contribution in [2.24, 2.45) is 0 Å². The Bertz CT molecular complexity index is 753. The van der Waals surface area contributed by atoms with E-state index in [4.69, 9.17) is 0 Å². The van der Waals surface area contributed by atoms with Crippen molar-refractivity contribution < 1.29 is 13.2 Å². The van der Waals surface area contributed by atoms with Crippen LogP contribution in [-0.2, 0) is 14.8 Å². The highest BCUT2D eigenvalue weighted by molar-refractivity contribution is 7.89. The molecule has 0 aliphatic carbocycles. The smallest absolute Gasteiger partial charge is 0.240 e. The van der Waals surface area contributed by atoms with Gasteiger partial charge < -0.3 is 5.32 Å². The van der Waals surface area contributed by atoms with E-state index >= 15 is 0 Å². The molecule has 1 aromatic heterocycles. The fourth-order valence-corrected chi connectivity index (χ4v) is 3.51. The van der Waals surface area contributed by atoms with Gasteiger partial charge in [-0.2, -0.15) is 0 Å². The van der Waals surface area contributed by atoms with Crippen LogP contribution in [0.25, 0.3) is 10.2 Å². The van der Waals surface area contributed by atoms with Crippen LogP contribution in [0.4, 0.5) is 5.13 Å². The van der Waals surface area contributed by atoms with Gasteiger partial charge in [0.05, 0.1) is 15.1 Å². The van der Waals surface area contributed by atoms with E-state index in [2.05, 4.69) is 15.0 Å². The molecule has 1 heterocycles. The standard InChI is InChI=1S/C13H17N3O3S2/c1-3-4-5-12(17)16-13-15-10-7-6-9(8-11(10)20-13)21(18,19)14-2/h6-8,14H,3-5H2,1-2H3,(H,15,16,17). The first-order valence-corrected chi connectivity index (χ1v) is 8.90. The first-order valence-electron chi connectivity index (χ1n) is 6.60. The molecule has 2 aromatic rings. The second-order valence-corrected chi connectivity index (χ2v) is 7.43. The van der Waals surface area contributed by atoms with Gasteiger partial charge in [0.1, 0.15) is 0 Å². The van der Waals surface area contributed by atoms with Crippen LogP contribution in [0.5, 0.6) is 0 Å². The van der Waals surface area contributed by atoms with Gasteiger partial charge in [-0.15, -0.1) is 0 Å². The highest BCUT2D eigenvalue weighted by Gasteiger charge is 2.14. The quantitative estimate of drug-likeness (QED) is 0.852. The van der Waals surface area contributed by atoms with Gasteiger partial charge in [-0.25, -0.2) is 18.1 Å². The highest BCUT2D eigenvalue weighted by atomic mass is 32.2. The molecule has 0 bridgehead atoms. The normalized spacial score (nSPS) is 11.7. The maximum atomic E-state index is 11.8. The summed E-state index contributed by atoms with van der Waals surface area (Å²) in [5.41, 5.74) is 0.667. The third kappa shape index (κ3) is 3.78. The summed E-state index contributed by atoms with van der Waals surface area (Å²) in [5, 5.41) is 3.23. The molecular weight excluding hydrogens is 310 g/mol. The predicted octanol–water partition coefficient (Wildman–Crippen LogP) is 2.33. The molecule has 2 rings (SSSR count). The summed E-state index contributed by atoms with van der Waals surface area (Å²) in [5.74, 6) is -0.0704. The molecular formula is C13H17N3O3S2. The van der Waals surface area contributed by atoms with Gasteiger partial charge in [0.2, 0.25) is 15.9 Å². The van der Waals surface area contributed by atoms with E-state index in [1.54, 1.807) is 12.1 Å². The number of thiazole rings is 1. The molecule has 6 nitrogen and oxygen atoms in total. The number of carbonyl (C=O) groups excluding carboxylic acids is 1. The van der Waals surface area contributed by atoms with Crippen LogP contribution in [0.1, 0.15) is 26.2 Å². The van der Waals surface area contributed by atoms with Crippen molar-refractivity contribution in [3.05, 3.63) is 18.2 Å². The minimum absolute atomic E-state index is 0.0704. The molecule has 8 heteroatoms. The maximum Gasteiger partial charge on any atom is 0.240 e. The molecule has 0 aliphatic heterocycles. The van der Waals surface area contributed by atoms with Crippen molar-refractivity contribution >= 4 is 42.6 Å². The number of carbonyl (C=O) groups is 1. The summed E-state index contributed by atoms with van der Waals surface area (Å²) in [6, 6.07) is 4.69. The lowest BCUT2D eigenvalue weighted by Crippen LogP contribution is -2.18. The van der Waals surface area contributed by atoms with Crippen molar-refractivity contribution in [3.8, 4) is 0 Å². The van der Waals surface area contributed by atoms with E-state index in [0.717, 1.165) is 17.5 Å². The zero-order valence-corrected chi connectivity index (χ0v) is 13.5. The van der Waals surface area contributed by atoms with Crippen LogP contribution in [0.15, 0.2) is 23.1 Å². The first-order chi connectivity index (χ1) is 9.96. The van der Waals surface area contributed by atoms with Crippen molar-refractivity contribution in [1.82, 2.24) is 9.71 Å². The minimum Gasteiger partial charge on any atom is -0.302 e. The third-order valence-electron chi connectivity index (χ3n) is 2.94. The molecule has 0 aliphatic rings. The monoisotopic (exact) mass is 327 g/mol. The number of unbranched alkanes of at least 4 members (excludes halogenated alkanes) is 1. The number of hydrogen-bond acceptors (Lipinski definition) is 5. The molecule has 114 valence electrons. The first kappa shape index (κ1) is 15.9. The number of amides is 1. The number of benzene rings is 1. The number of sulfonamides is 1. The molecule has 0 radical (unpaired) electrons. The summed E-state index contributed by atoms with van der Waals surface area (Å²) in [7, 11) is -2.11. The average molecular weight is 327 g/mol. The largest absolute Gasteiger partial charge is 0.302 e. The fraction of sp³-hybridized carbons (Fsp3) is 0.385. The summed E-state index contributed by atoms with van der Waals surface area (Å²) in [6.45, 7) is 2.02. The molecule has 0 fully saturated rings. The van der Waals surface area contributed by atoms with Crippen molar-refractivity contribution in [3.63, 3.8) is 0 Å². The summed E-state index contributed by atoms with van der Waals surface area (Å²) >= 11 is 1.26. The van der Waals surface area contributed by atoms with Gasteiger partial charge in [0.25, 0.3) is 0 Å². The fourth-order valence-electron chi connectivity index (χ4n) is 1.76. The van der Waals surface area contributed by atoms with Gasteiger partial charge in [-0.3, -0.25) is 4.79 Å². The topological polar surface area (TPSA) is 88.2 Å². The number of fused-ring (bicyclic) bond motifs is 1. The van der Waals surface area contributed by atoms with Crippen LogP contribution in [0.3, 0.4) is 0 Å². The zero-order chi connectivity index (χ0) is 15.5. The average Bonchev–Trinajstić information content (AvgIpc) is 2.86. The molecule has 0 spiro atoms. The predicted molar refractivity (Wildman–Crippen MR) is 84.0 cm³/mol. The van der Waals surface area contributed by atoms with Crippen LogP contribution in [0.2, 0.25) is 0 Å². The van der Waals surface area contributed by atoms with Crippen LogP contribution in [-0.4, -0.2) is 26.4 Å². The Hall–Kier alpha value is -1.51. The van der Waals surface area contributed by atoms with Gasteiger partial charge in [0, 0.05) is 6.42 Å². The Balaban J connectivity index is 2.24. The van der Waals surface area contributed by atoms with E-state index in [0.29, 0.717) is 17.1 Å². The van der Waals surface area contributed by atoms with Crippen molar-refractivity contribution in [1.29, 1.82) is 0 Å². The lowest BCUT2D eigenvalue weighted by molar-refractivity contribution is -0.116. The Labute approximate surface area is 127 Å². The molecule has 2 N–H and O–H groups in total. The molecule has 0 saturated heterocycles. The lowest BCUT2D eigenvalue weighted by Gasteiger charge is -2.00. The number of nitrogens with zero attached hydrogens (tertiary/aromatic N) is 1. The summed E-state index contributed by atoms with van der Waals surface area (Å²) in [4.78, 5) is 16.1. The molecule has 1 amide bonds.